The molecule has 9 nitrogen and oxygen atoms in total. The second kappa shape index (κ2) is 9.20. The molecule has 0 saturated carbocycles. The van der Waals surface area contributed by atoms with Crippen molar-refractivity contribution in [1.29, 1.82) is 0 Å². The van der Waals surface area contributed by atoms with E-state index in [2.05, 4.69) is 14.7 Å². The Labute approximate surface area is 163 Å². The van der Waals surface area contributed by atoms with Crippen LogP contribution in [0.3, 0.4) is 0 Å². The number of rotatable bonds is 8. The van der Waals surface area contributed by atoms with Gasteiger partial charge in [0.25, 0.3) is 0 Å². The summed E-state index contributed by atoms with van der Waals surface area (Å²) in [5.74, 6) is 0.405. The van der Waals surface area contributed by atoms with E-state index in [9.17, 15) is 13.2 Å². The van der Waals surface area contributed by atoms with E-state index in [-0.39, 0.29) is 17.3 Å². The van der Waals surface area contributed by atoms with E-state index in [1.165, 1.54) is 45.4 Å². The van der Waals surface area contributed by atoms with E-state index in [4.69, 9.17) is 15.2 Å². The van der Waals surface area contributed by atoms with Gasteiger partial charge < -0.3 is 20.0 Å². The summed E-state index contributed by atoms with van der Waals surface area (Å²) in [6, 6.07) is 10.8. The van der Waals surface area contributed by atoms with Crippen molar-refractivity contribution in [2.75, 3.05) is 14.2 Å². The molecule has 0 unspecified atom stereocenters. The molecule has 0 spiro atoms. The predicted octanol–water partition coefficient (Wildman–Crippen LogP) is 1.37. The predicted molar refractivity (Wildman–Crippen MR) is 103 cm³/mol. The first kappa shape index (κ1) is 21.2. The fourth-order valence-corrected chi connectivity index (χ4v) is 3.24. The molecule has 2 aromatic rings. The minimum Gasteiger partial charge on any atom is -0.493 e. The standard InChI is InChI=1S/C18H21N3O6S/c1-12(22)27-21-18(19)14-5-7-15(8-6-14)28(23,24)20-11-13-4-9-16(25-2)17(10-13)26-3/h4-10,20H,11H2,1-3H3,(H2,19,21). The van der Waals surface area contributed by atoms with Crippen molar-refractivity contribution in [3.8, 4) is 11.5 Å². The third kappa shape index (κ3) is 5.44. The summed E-state index contributed by atoms with van der Waals surface area (Å²) in [6.07, 6.45) is 0. The molecule has 0 fully saturated rings. The monoisotopic (exact) mass is 407 g/mol. The Morgan fingerprint density at radius 2 is 1.71 bits per heavy atom. The van der Waals surface area contributed by atoms with E-state index in [1.54, 1.807) is 18.2 Å². The SMILES string of the molecule is COc1ccc(CNS(=O)(=O)c2ccc(/C(N)=N/OC(C)=O)cc2)cc1OC. The highest BCUT2D eigenvalue weighted by Crippen LogP contribution is 2.27. The van der Waals surface area contributed by atoms with E-state index in [0.717, 1.165) is 0 Å². The molecule has 0 bridgehead atoms. The number of oxime groups is 1. The fraction of sp³-hybridized carbons (Fsp3) is 0.222. The van der Waals surface area contributed by atoms with Crippen molar-refractivity contribution < 1.29 is 27.5 Å². The zero-order valence-corrected chi connectivity index (χ0v) is 16.4. The lowest BCUT2D eigenvalue weighted by molar-refractivity contribution is -0.140. The highest BCUT2D eigenvalue weighted by molar-refractivity contribution is 7.89. The molecule has 0 amide bonds. The summed E-state index contributed by atoms with van der Waals surface area (Å²) in [4.78, 5) is 15.2. The van der Waals surface area contributed by atoms with Crippen molar-refractivity contribution in [1.82, 2.24) is 4.72 Å². The Morgan fingerprint density at radius 3 is 2.29 bits per heavy atom. The Bertz CT molecular complexity index is 971. The Balaban J connectivity index is 2.10. The minimum atomic E-state index is -3.75. The van der Waals surface area contributed by atoms with Gasteiger partial charge in [0.05, 0.1) is 19.1 Å². The van der Waals surface area contributed by atoms with Crippen LogP contribution in [0, 0.1) is 0 Å². The maximum atomic E-state index is 12.5. The van der Waals surface area contributed by atoms with Gasteiger partial charge in [0.15, 0.2) is 17.3 Å². The second-order valence-corrected chi connectivity index (χ2v) is 7.36. The Kier molecular flexibility index (Phi) is 6.96. The van der Waals surface area contributed by atoms with Gasteiger partial charge in [-0.15, -0.1) is 0 Å². The zero-order valence-electron chi connectivity index (χ0n) is 15.6. The molecule has 0 radical (unpaired) electrons. The first-order chi connectivity index (χ1) is 13.3. The third-order valence-electron chi connectivity index (χ3n) is 3.65. The number of nitrogens with zero attached hydrogens (tertiary/aromatic N) is 1. The third-order valence-corrected chi connectivity index (χ3v) is 5.06. The van der Waals surface area contributed by atoms with Crippen molar-refractivity contribution in [3.05, 3.63) is 53.6 Å². The van der Waals surface area contributed by atoms with Crippen molar-refractivity contribution >= 4 is 21.8 Å². The first-order valence-corrected chi connectivity index (χ1v) is 9.57. The lowest BCUT2D eigenvalue weighted by atomic mass is 10.2. The van der Waals surface area contributed by atoms with Crippen LogP contribution in [0.2, 0.25) is 0 Å². The second-order valence-electron chi connectivity index (χ2n) is 5.60. The number of nitrogens with two attached hydrogens (primary N) is 1. The van der Waals surface area contributed by atoms with Crippen LogP contribution in [0.4, 0.5) is 0 Å². The lowest BCUT2D eigenvalue weighted by Crippen LogP contribution is -2.23. The fourth-order valence-electron chi connectivity index (χ4n) is 2.22. The number of hydrogen-bond donors (Lipinski definition) is 2. The lowest BCUT2D eigenvalue weighted by Gasteiger charge is -2.11. The van der Waals surface area contributed by atoms with Crippen molar-refractivity contribution in [2.24, 2.45) is 10.9 Å². The number of amidine groups is 1. The summed E-state index contributed by atoms with van der Waals surface area (Å²) in [6.45, 7) is 1.26. The number of benzene rings is 2. The normalized spacial score (nSPS) is 11.8. The van der Waals surface area contributed by atoms with Crippen molar-refractivity contribution in [2.45, 2.75) is 18.4 Å². The highest BCUT2D eigenvalue weighted by atomic mass is 32.2. The maximum Gasteiger partial charge on any atom is 0.332 e. The summed E-state index contributed by atoms with van der Waals surface area (Å²) in [7, 11) is -0.725. The molecule has 0 heterocycles. The van der Waals surface area contributed by atoms with Crippen LogP contribution in [0.5, 0.6) is 11.5 Å². The van der Waals surface area contributed by atoms with Crippen LogP contribution < -0.4 is 19.9 Å². The molecule has 0 aliphatic rings. The van der Waals surface area contributed by atoms with Gasteiger partial charge in [-0.3, -0.25) is 0 Å². The maximum absolute atomic E-state index is 12.5. The number of methoxy groups -OCH3 is 2. The number of nitrogens with one attached hydrogen (secondary N) is 1. The molecular weight excluding hydrogens is 386 g/mol. The van der Waals surface area contributed by atoms with E-state index >= 15 is 0 Å². The first-order valence-electron chi connectivity index (χ1n) is 8.09. The molecule has 3 N–H and O–H groups in total. The smallest absolute Gasteiger partial charge is 0.332 e. The summed E-state index contributed by atoms with van der Waals surface area (Å²) in [5, 5.41) is 3.45. The number of carbonyl (C=O) groups excluding carboxylic acids is 1. The average Bonchev–Trinajstić information content (AvgIpc) is 2.70. The van der Waals surface area contributed by atoms with E-state index < -0.39 is 16.0 Å². The number of carbonyl (C=O) groups is 1. The molecule has 28 heavy (non-hydrogen) atoms. The van der Waals surface area contributed by atoms with E-state index in [0.29, 0.717) is 22.6 Å². The molecule has 0 aromatic heterocycles. The molecule has 2 aromatic carbocycles. The molecule has 10 heteroatoms. The van der Waals surface area contributed by atoms with Gasteiger partial charge in [-0.1, -0.05) is 11.2 Å². The zero-order chi connectivity index (χ0) is 20.7. The Hall–Kier alpha value is -3.11. The van der Waals surface area contributed by atoms with Crippen LogP contribution >= 0.6 is 0 Å². The number of ether oxygens (including phenoxy) is 2. The number of sulfonamides is 1. The summed E-state index contributed by atoms with van der Waals surface area (Å²) >= 11 is 0. The Morgan fingerprint density at radius 1 is 1.07 bits per heavy atom. The minimum absolute atomic E-state index is 0.0440. The molecule has 0 saturated heterocycles. The van der Waals surface area contributed by atoms with Crippen LogP contribution in [-0.4, -0.2) is 34.4 Å². The topological polar surface area (TPSA) is 129 Å². The van der Waals surface area contributed by atoms with Crippen LogP contribution in [-0.2, 0) is 26.2 Å². The largest absolute Gasteiger partial charge is 0.493 e. The van der Waals surface area contributed by atoms with Crippen LogP contribution in [0.1, 0.15) is 18.1 Å². The van der Waals surface area contributed by atoms with Gasteiger partial charge >= 0.3 is 5.97 Å². The van der Waals surface area contributed by atoms with Gasteiger partial charge in [0.2, 0.25) is 10.0 Å². The van der Waals surface area contributed by atoms with Crippen LogP contribution in [0.15, 0.2) is 52.5 Å². The van der Waals surface area contributed by atoms with Gasteiger partial charge in [-0.25, -0.2) is 17.9 Å². The summed E-state index contributed by atoms with van der Waals surface area (Å²) in [5.41, 5.74) is 6.79. The van der Waals surface area contributed by atoms with Gasteiger partial charge in [-0.2, -0.15) is 0 Å². The quantitative estimate of drug-likeness (QED) is 0.292. The molecule has 0 aliphatic carbocycles. The van der Waals surface area contributed by atoms with Gasteiger partial charge in [-0.05, 0) is 42.0 Å². The molecule has 0 atom stereocenters. The van der Waals surface area contributed by atoms with Gasteiger partial charge in [0.1, 0.15) is 0 Å². The molecule has 0 aliphatic heterocycles. The molecule has 150 valence electrons. The number of hydrogen-bond acceptors (Lipinski definition) is 7. The summed E-state index contributed by atoms with van der Waals surface area (Å²) < 4.78 is 37.8. The van der Waals surface area contributed by atoms with Gasteiger partial charge in [0, 0.05) is 19.0 Å². The van der Waals surface area contributed by atoms with E-state index in [1.807, 2.05) is 0 Å². The molecule has 2 rings (SSSR count). The molecular formula is C18H21N3O6S. The highest BCUT2D eigenvalue weighted by Gasteiger charge is 2.15. The van der Waals surface area contributed by atoms with Crippen LogP contribution in [0.25, 0.3) is 0 Å². The average molecular weight is 407 g/mol. The van der Waals surface area contributed by atoms with Crippen molar-refractivity contribution in [3.63, 3.8) is 0 Å².